The second-order valence-corrected chi connectivity index (χ2v) is 3.61. The first-order valence-electron chi connectivity index (χ1n) is 5.76. The average molecular weight is 226 g/mol. The van der Waals surface area contributed by atoms with Crippen LogP contribution in [0.25, 0.3) is 0 Å². The van der Waals surface area contributed by atoms with Crippen molar-refractivity contribution in [2.24, 2.45) is 0 Å². The first-order valence-corrected chi connectivity index (χ1v) is 5.76. The summed E-state index contributed by atoms with van der Waals surface area (Å²) in [6.45, 7) is 4.54. The van der Waals surface area contributed by atoms with Crippen LogP contribution in [0.1, 0.15) is 26.2 Å². The molecule has 1 aromatic heterocycles. The molecule has 1 rings (SSSR count). The van der Waals surface area contributed by atoms with Crippen LogP contribution in [0.3, 0.4) is 0 Å². The number of pyridine rings is 1. The molecule has 0 unspecified atom stereocenters. The van der Waals surface area contributed by atoms with E-state index in [1.54, 1.807) is 6.07 Å². The molecule has 0 amide bonds. The summed E-state index contributed by atoms with van der Waals surface area (Å²) in [5, 5.41) is 3.10. The molecule has 0 radical (unpaired) electrons. The monoisotopic (exact) mass is 226 g/mol. The lowest BCUT2D eigenvalue weighted by Crippen LogP contribution is -2.07. The van der Waals surface area contributed by atoms with Crippen LogP contribution in [0.4, 0.5) is 10.2 Å². The standard InChI is InChI=1S/C12H19FN2O/c1-2-3-8-16-9-4-7-14-12-6-5-11(13)10-15-12/h5-6,10H,2-4,7-9H2,1H3,(H,14,15). The molecule has 0 fully saturated rings. The van der Waals surface area contributed by atoms with Gasteiger partial charge in [0.05, 0.1) is 6.20 Å². The van der Waals surface area contributed by atoms with E-state index >= 15 is 0 Å². The maximum absolute atomic E-state index is 12.5. The molecular formula is C12H19FN2O. The molecule has 0 saturated heterocycles. The lowest BCUT2D eigenvalue weighted by molar-refractivity contribution is 0.131. The van der Waals surface area contributed by atoms with Gasteiger partial charge in [-0.2, -0.15) is 0 Å². The minimum atomic E-state index is -0.312. The highest BCUT2D eigenvalue weighted by atomic mass is 19.1. The maximum atomic E-state index is 12.5. The first kappa shape index (κ1) is 12.9. The Kier molecular flexibility index (Phi) is 6.49. The predicted octanol–water partition coefficient (Wildman–Crippen LogP) is 2.84. The van der Waals surface area contributed by atoms with Gasteiger partial charge in [0.2, 0.25) is 0 Å². The van der Waals surface area contributed by atoms with Gasteiger partial charge in [-0.3, -0.25) is 0 Å². The minimum Gasteiger partial charge on any atom is -0.381 e. The molecule has 0 saturated carbocycles. The summed E-state index contributed by atoms with van der Waals surface area (Å²) in [7, 11) is 0. The largest absolute Gasteiger partial charge is 0.381 e. The molecule has 1 aromatic rings. The molecule has 1 N–H and O–H groups in total. The number of unbranched alkanes of at least 4 members (excludes halogenated alkanes) is 1. The third-order valence-electron chi connectivity index (χ3n) is 2.14. The summed E-state index contributed by atoms with van der Waals surface area (Å²) < 4.78 is 17.9. The molecule has 4 heteroatoms. The number of nitrogens with zero attached hydrogens (tertiary/aromatic N) is 1. The summed E-state index contributed by atoms with van der Waals surface area (Å²) in [5.41, 5.74) is 0. The Morgan fingerprint density at radius 1 is 1.31 bits per heavy atom. The van der Waals surface area contributed by atoms with Gasteiger partial charge in [-0.05, 0) is 25.0 Å². The highest BCUT2D eigenvalue weighted by molar-refractivity contribution is 5.33. The molecular weight excluding hydrogens is 207 g/mol. The number of ether oxygens (including phenoxy) is 1. The molecule has 90 valence electrons. The van der Waals surface area contributed by atoms with E-state index in [0.717, 1.165) is 39.0 Å². The molecule has 0 aliphatic carbocycles. The SMILES string of the molecule is CCCCOCCCNc1ccc(F)cn1. The fourth-order valence-corrected chi connectivity index (χ4v) is 1.22. The summed E-state index contributed by atoms with van der Waals surface area (Å²) in [5.74, 6) is 0.392. The van der Waals surface area contributed by atoms with Gasteiger partial charge in [0.1, 0.15) is 11.6 Å². The fraction of sp³-hybridized carbons (Fsp3) is 0.583. The van der Waals surface area contributed by atoms with Crippen molar-refractivity contribution in [3.05, 3.63) is 24.1 Å². The van der Waals surface area contributed by atoms with Crippen molar-refractivity contribution < 1.29 is 9.13 Å². The summed E-state index contributed by atoms with van der Waals surface area (Å²) in [6, 6.07) is 3.03. The molecule has 0 atom stereocenters. The van der Waals surface area contributed by atoms with E-state index in [1.807, 2.05) is 0 Å². The molecule has 0 aliphatic rings. The second kappa shape index (κ2) is 8.05. The number of hydrogen-bond acceptors (Lipinski definition) is 3. The van der Waals surface area contributed by atoms with Crippen molar-refractivity contribution in [2.75, 3.05) is 25.1 Å². The minimum absolute atomic E-state index is 0.312. The Hall–Kier alpha value is -1.16. The Bertz CT molecular complexity index is 277. The van der Waals surface area contributed by atoms with E-state index in [2.05, 4.69) is 17.2 Å². The zero-order chi connectivity index (χ0) is 11.6. The topological polar surface area (TPSA) is 34.1 Å². The normalized spacial score (nSPS) is 10.4. The summed E-state index contributed by atoms with van der Waals surface area (Å²) in [4.78, 5) is 3.90. The van der Waals surface area contributed by atoms with Gasteiger partial charge in [0.25, 0.3) is 0 Å². The van der Waals surface area contributed by atoms with Crippen molar-refractivity contribution in [3.8, 4) is 0 Å². The third kappa shape index (κ3) is 5.66. The van der Waals surface area contributed by atoms with Gasteiger partial charge in [-0.25, -0.2) is 9.37 Å². The van der Waals surface area contributed by atoms with Gasteiger partial charge in [0, 0.05) is 19.8 Å². The van der Waals surface area contributed by atoms with E-state index in [0.29, 0.717) is 5.82 Å². The van der Waals surface area contributed by atoms with E-state index in [9.17, 15) is 4.39 Å². The summed E-state index contributed by atoms with van der Waals surface area (Å²) >= 11 is 0. The molecule has 0 aliphatic heterocycles. The van der Waals surface area contributed by atoms with Crippen LogP contribution in [0.2, 0.25) is 0 Å². The highest BCUT2D eigenvalue weighted by Crippen LogP contribution is 2.03. The lowest BCUT2D eigenvalue weighted by Gasteiger charge is -2.05. The number of anilines is 1. The van der Waals surface area contributed by atoms with Crippen LogP contribution >= 0.6 is 0 Å². The van der Waals surface area contributed by atoms with Crippen molar-refractivity contribution in [1.29, 1.82) is 0 Å². The first-order chi connectivity index (χ1) is 7.83. The van der Waals surface area contributed by atoms with Gasteiger partial charge in [0.15, 0.2) is 0 Å². The molecule has 0 aromatic carbocycles. The summed E-state index contributed by atoms with van der Waals surface area (Å²) in [6.07, 6.45) is 4.42. The van der Waals surface area contributed by atoms with E-state index in [4.69, 9.17) is 4.74 Å². The van der Waals surface area contributed by atoms with E-state index in [1.165, 1.54) is 12.3 Å². The second-order valence-electron chi connectivity index (χ2n) is 3.61. The Morgan fingerprint density at radius 2 is 2.12 bits per heavy atom. The molecule has 1 heterocycles. The van der Waals surface area contributed by atoms with E-state index in [-0.39, 0.29) is 5.82 Å². The predicted molar refractivity (Wildman–Crippen MR) is 63.0 cm³/mol. The van der Waals surface area contributed by atoms with Crippen LogP contribution in [-0.2, 0) is 4.74 Å². The van der Waals surface area contributed by atoms with Crippen molar-refractivity contribution in [1.82, 2.24) is 4.98 Å². The van der Waals surface area contributed by atoms with E-state index < -0.39 is 0 Å². The van der Waals surface area contributed by atoms with Gasteiger partial charge >= 0.3 is 0 Å². The van der Waals surface area contributed by atoms with Crippen molar-refractivity contribution >= 4 is 5.82 Å². The Balaban J connectivity index is 2.01. The maximum Gasteiger partial charge on any atom is 0.141 e. The van der Waals surface area contributed by atoms with Crippen LogP contribution in [-0.4, -0.2) is 24.7 Å². The molecule has 0 spiro atoms. The zero-order valence-corrected chi connectivity index (χ0v) is 9.71. The number of aromatic nitrogens is 1. The van der Waals surface area contributed by atoms with Gasteiger partial charge in [-0.1, -0.05) is 13.3 Å². The van der Waals surface area contributed by atoms with Crippen LogP contribution < -0.4 is 5.32 Å². The molecule has 16 heavy (non-hydrogen) atoms. The van der Waals surface area contributed by atoms with Crippen molar-refractivity contribution in [3.63, 3.8) is 0 Å². The number of nitrogens with one attached hydrogen (secondary N) is 1. The smallest absolute Gasteiger partial charge is 0.141 e. The zero-order valence-electron chi connectivity index (χ0n) is 9.71. The van der Waals surface area contributed by atoms with Crippen LogP contribution in [0.15, 0.2) is 18.3 Å². The van der Waals surface area contributed by atoms with Crippen molar-refractivity contribution in [2.45, 2.75) is 26.2 Å². The van der Waals surface area contributed by atoms with Crippen LogP contribution in [0.5, 0.6) is 0 Å². The van der Waals surface area contributed by atoms with Gasteiger partial charge < -0.3 is 10.1 Å². The molecule has 3 nitrogen and oxygen atoms in total. The quantitative estimate of drug-likeness (QED) is 0.692. The van der Waals surface area contributed by atoms with Crippen LogP contribution in [0, 0.1) is 5.82 Å². The average Bonchev–Trinajstić information content (AvgIpc) is 2.30. The number of hydrogen-bond donors (Lipinski definition) is 1. The number of halogens is 1. The Morgan fingerprint density at radius 3 is 2.81 bits per heavy atom. The fourth-order valence-electron chi connectivity index (χ4n) is 1.22. The third-order valence-corrected chi connectivity index (χ3v) is 2.14. The Labute approximate surface area is 96.0 Å². The molecule has 0 bridgehead atoms. The highest BCUT2D eigenvalue weighted by Gasteiger charge is 1.94. The number of rotatable bonds is 8. The lowest BCUT2D eigenvalue weighted by atomic mass is 10.3. The van der Waals surface area contributed by atoms with Gasteiger partial charge in [-0.15, -0.1) is 0 Å².